The summed E-state index contributed by atoms with van der Waals surface area (Å²) in [6.45, 7) is 2.01. The number of benzene rings is 2. The molecule has 0 radical (unpaired) electrons. The number of rotatable bonds is 6. The van der Waals surface area contributed by atoms with Gasteiger partial charge in [-0.2, -0.15) is 4.98 Å². The highest BCUT2D eigenvalue weighted by atomic mass is 32.1. The van der Waals surface area contributed by atoms with Gasteiger partial charge in [-0.3, -0.25) is 4.90 Å². The molecule has 1 atom stereocenters. The second kappa shape index (κ2) is 9.28. The zero-order valence-electron chi connectivity index (χ0n) is 18.8. The SMILES string of the molecule is COc1ccc(C2NC(=S)N(c3ccc(OC)cc3)C(C)=C2c2nc(-c3cccs3)no2)cc1. The Hall–Kier alpha value is -3.69. The van der Waals surface area contributed by atoms with Gasteiger partial charge >= 0.3 is 0 Å². The first-order chi connectivity index (χ1) is 16.6. The molecule has 0 amide bonds. The second-order valence-corrected chi connectivity index (χ2v) is 8.92. The smallest absolute Gasteiger partial charge is 0.258 e. The lowest BCUT2D eigenvalue weighted by Gasteiger charge is -2.37. The molecule has 0 spiro atoms. The van der Waals surface area contributed by atoms with Gasteiger partial charge in [-0.1, -0.05) is 23.4 Å². The maximum absolute atomic E-state index is 5.81. The molecule has 0 aliphatic carbocycles. The van der Waals surface area contributed by atoms with Crippen LogP contribution in [0.2, 0.25) is 0 Å². The molecule has 4 aromatic rings. The van der Waals surface area contributed by atoms with E-state index >= 15 is 0 Å². The van der Waals surface area contributed by atoms with Crippen LogP contribution in [0.5, 0.6) is 11.5 Å². The molecule has 0 saturated heterocycles. The number of ether oxygens (including phenoxy) is 2. The largest absolute Gasteiger partial charge is 0.497 e. The third kappa shape index (κ3) is 4.04. The summed E-state index contributed by atoms with van der Waals surface area (Å²) in [6, 6.07) is 19.3. The molecule has 2 aromatic carbocycles. The van der Waals surface area contributed by atoms with Gasteiger partial charge in [0.05, 0.1) is 30.7 Å². The van der Waals surface area contributed by atoms with E-state index in [-0.39, 0.29) is 6.04 Å². The van der Waals surface area contributed by atoms with Crippen LogP contribution in [0.4, 0.5) is 5.69 Å². The van der Waals surface area contributed by atoms with E-state index in [1.54, 1.807) is 25.6 Å². The van der Waals surface area contributed by atoms with Crippen molar-refractivity contribution in [2.24, 2.45) is 0 Å². The van der Waals surface area contributed by atoms with Crippen molar-refractivity contribution in [3.8, 4) is 22.2 Å². The molecule has 34 heavy (non-hydrogen) atoms. The highest BCUT2D eigenvalue weighted by molar-refractivity contribution is 7.80. The number of hydrogen-bond donors (Lipinski definition) is 1. The maximum Gasteiger partial charge on any atom is 0.258 e. The number of thiophene rings is 1. The monoisotopic (exact) mass is 490 g/mol. The lowest BCUT2D eigenvalue weighted by Crippen LogP contribution is -2.46. The van der Waals surface area contributed by atoms with E-state index < -0.39 is 0 Å². The molecule has 1 N–H and O–H groups in total. The molecule has 2 aromatic heterocycles. The van der Waals surface area contributed by atoms with Gasteiger partial charge in [0.1, 0.15) is 11.5 Å². The van der Waals surface area contributed by atoms with E-state index in [9.17, 15) is 0 Å². The fraction of sp³-hybridized carbons (Fsp3) is 0.160. The molecule has 5 rings (SSSR count). The van der Waals surface area contributed by atoms with Crippen molar-refractivity contribution >= 4 is 39.9 Å². The number of thiocarbonyl (C=S) groups is 1. The number of nitrogens with zero attached hydrogens (tertiary/aromatic N) is 3. The highest BCUT2D eigenvalue weighted by Gasteiger charge is 2.34. The van der Waals surface area contributed by atoms with Crippen molar-refractivity contribution in [3.05, 3.63) is 83.2 Å². The van der Waals surface area contributed by atoms with Crippen molar-refractivity contribution in [1.82, 2.24) is 15.5 Å². The lowest BCUT2D eigenvalue weighted by atomic mass is 9.94. The van der Waals surface area contributed by atoms with Crippen LogP contribution < -0.4 is 19.7 Å². The van der Waals surface area contributed by atoms with Gasteiger partial charge in [-0.25, -0.2) is 0 Å². The zero-order chi connectivity index (χ0) is 23.7. The number of nitrogens with one attached hydrogen (secondary N) is 1. The van der Waals surface area contributed by atoms with E-state index in [1.165, 1.54) is 0 Å². The molecular formula is C25H22N4O3S2. The Bertz CT molecular complexity index is 1330. The molecule has 7 nitrogen and oxygen atoms in total. The molecule has 1 aliphatic heterocycles. The molecule has 1 unspecified atom stereocenters. The predicted octanol–water partition coefficient (Wildman–Crippen LogP) is 5.68. The van der Waals surface area contributed by atoms with Gasteiger partial charge in [0.15, 0.2) is 5.11 Å². The van der Waals surface area contributed by atoms with Crippen molar-refractivity contribution in [2.45, 2.75) is 13.0 Å². The summed E-state index contributed by atoms with van der Waals surface area (Å²) in [4.78, 5) is 7.65. The molecule has 0 fully saturated rings. The van der Waals surface area contributed by atoms with Gasteiger partial charge < -0.3 is 19.3 Å². The summed E-state index contributed by atoms with van der Waals surface area (Å²) >= 11 is 7.37. The van der Waals surface area contributed by atoms with Crippen molar-refractivity contribution in [1.29, 1.82) is 0 Å². The van der Waals surface area contributed by atoms with Crippen LogP contribution in [0.1, 0.15) is 24.4 Å². The Morgan fingerprint density at radius 3 is 2.29 bits per heavy atom. The summed E-state index contributed by atoms with van der Waals surface area (Å²) in [5.41, 5.74) is 3.66. The van der Waals surface area contributed by atoms with E-state index in [1.807, 2.05) is 77.9 Å². The van der Waals surface area contributed by atoms with Crippen molar-refractivity contribution in [3.63, 3.8) is 0 Å². The minimum absolute atomic E-state index is 0.274. The topological polar surface area (TPSA) is 72.7 Å². The Morgan fingerprint density at radius 1 is 1.00 bits per heavy atom. The van der Waals surface area contributed by atoms with Crippen LogP contribution in [0, 0.1) is 0 Å². The summed E-state index contributed by atoms with van der Waals surface area (Å²) < 4.78 is 16.4. The number of aromatic nitrogens is 2. The normalized spacial score (nSPS) is 15.9. The maximum atomic E-state index is 5.81. The minimum Gasteiger partial charge on any atom is -0.497 e. The molecule has 172 valence electrons. The molecule has 1 aliphatic rings. The summed E-state index contributed by atoms with van der Waals surface area (Å²) in [6.07, 6.45) is 0. The van der Waals surface area contributed by atoms with Crippen LogP contribution in [0.25, 0.3) is 16.3 Å². The van der Waals surface area contributed by atoms with Crippen LogP contribution in [-0.4, -0.2) is 29.5 Å². The first kappa shape index (κ1) is 22.1. The number of allylic oxidation sites excluding steroid dienone is 1. The van der Waals surface area contributed by atoms with E-state index in [0.717, 1.165) is 38.9 Å². The Balaban J connectivity index is 1.63. The van der Waals surface area contributed by atoms with E-state index in [0.29, 0.717) is 16.8 Å². The number of hydrogen-bond acceptors (Lipinski definition) is 7. The van der Waals surface area contributed by atoms with Crippen molar-refractivity contribution in [2.75, 3.05) is 19.1 Å². The lowest BCUT2D eigenvalue weighted by molar-refractivity contribution is 0.404. The van der Waals surface area contributed by atoms with Crippen molar-refractivity contribution < 1.29 is 14.0 Å². The highest BCUT2D eigenvalue weighted by Crippen LogP contribution is 2.40. The van der Waals surface area contributed by atoms with Gasteiger partial charge in [0.2, 0.25) is 5.82 Å². The molecular weight excluding hydrogens is 468 g/mol. The quantitative estimate of drug-likeness (QED) is 0.346. The van der Waals surface area contributed by atoms with Gasteiger partial charge in [-0.15, -0.1) is 11.3 Å². The second-order valence-electron chi connectivity index (χ2n) is 7.59. The Morgan fingerprint density at radius 2 is 1.68 bits per heavy atom. The number of methoxy groups -OCH3 is 2. The zero-order valence-corrected chi connectivity index (χ0v) is 20.4. The molecule has 0 bridgehead atoms. The summed E-state index contributed by atoms with van der Waals surface area (Å²) in [5, 5.41) is 10.3. The van der Waals surface area contributed by atoms with Gasteiger partial charge in [0, 0.05) is 11.4 Å². The standard InChI is InChI=1S/C25H22N4O3S2/c1-15-21(24-27-23(28-32-24)20-5-4-14-34-20)22(16-6-10-18(30-2)11-7-16)26-25(33)29(15)17-8-12-19(31-3)13-9-17/h4-14,22H,1-3H3,(H,26,33). The van der Waals surface area contributed by atoms with Gasteiger partial charge in [-0.05, 0) is 72.5 Å². The van der Waals surface area contributed by atoms with Crippen LogP contribution >= 0.6 is 23.6 Å². The predicted molar refractivity (Wildman–Crippen MR) is 137 cm³/mol. The third-order valence-corrected chi connectivity index (χ3v) is 6.83. The average Bonchev–Trinajstić information content (AvgIpc) is 3.57. The fourth-order valence-electron chi connectivity index (χ4n) is 3.95. The Kier molecular flexibility index (Phi) is 6.04. The first-order valence-corrected chi connectivity index (χ1v) is 11.8. The van der Waals surface area contributed by atoms with E-state index in [4.69, 9.17) is 31.2 Å². The third-order valence-electron chi connectivity index (χ3n) is 5.66. The van der Waals surface area contributed by atoms with Crippen LogP contribution in [-0.2, 0) is 0 Å². The molecule has 3 heterocycles. The number of anilines is 1. The Labute approximate surface area is 206 Å². The summed E-state index contributed by atoms with van der Waals surface area (Å²) in [7, 11) is 3.29. The van der Waals surface area contributed by atoms with E-state index in [2.05, 4.69) is 10.5 Å². The molecule has 0 saturated carbocycles. The van der Waals surface area contributed by atoms with Gasteiger partial charge in [0.25, 0.3) is 5.89 Å². The minimum atomic E-state index is -0.274. The van der Waals surface area contributed by atoms with Crippen LogP contribution in [0.3, 0.4) is 0 Å². The fourth-order valence-corrected chi connectivity index (χ4v) is 4.96. The summed E-state index contributed by atoms with van der Waals surface area (Å²) in [5.74, 6) is 2.55. The average molecular weight is 491 g/mol. The molecule has 9 heteroatoms. The van der Waals surface area contributed by atoms with Crippen LogP contribution in [0.15, 0.2) is 76.3 Å². The first-order valence-electron chi connectivity index (χ1n) is 10.6.